The Morgan fingerprint density at radius 1 is 1.44 bits per heavy atom. The van der Waals surface area contributed by atoms with Gasteiger partial charge in [-0.15, -0.1) is 0 Å². The smallest absolute Gasteiger partial charge is 0.322 e. The first-order valence-electron chi connectivity index (χ1n) is 5.34. The molecule has 0 aliphatic heterocycles. The van der Waals surface area contributed by atoms with Gasteiger partial charge in [0.25, 0.3) is 0 Å². The van der Waals surface area contributed by atoms with Crippen LogP contribution in [0.3, 0.4) is 0 Å². The van der Waals surface area contributed by atoms with Crippen molar-refractivity contribution in [1.82, 2.24) is 4.72 Å². The molecule has 0 heterocycles. The molecule has 0 bridgehead atoms. The number of hydrogen-bond donors (Lipinski definition) is 2. The standard InChI is InChI=1S/C10H19NO4S/c1-10(2,3)8(9(12)13)11-16(14,15)6-7-4-5-7/h7-8,11H,4-6H2,1-3H3,(H,12,13)/t8-/m0/s1. The Balaban J connectivity index is 2.70. The van der Waals surface area contributed by atoms with E-state index in [2.05, 4.69) is 4.72 Å². The molecule has 0 saturated heterocycles. The van der Waals surface area contributed by atoms with Crippen LogP contribution in [0.15, 0.2) is 0 Å². The van der Waals surface area contributed by atoms with Crippen LogP contribution in [0, 0.1) is 11.3 Å². The number of sulfonamides is 1. The average Bonchev–Trinajstić information content (AvgIpc) is 2.80. The maximum absolute atomic E-state index is 11.7. The van der Waals surface area contributed by atoms with Crippen molar-refractivity contribution in [3.63, 3.8) is 0 Å². The van der Waals surface area contributed by atoms with Gasteiger partial charge in [-0.3, -0.25) is 4.79 Å². The maximum atomic E-state index is 11.7. The fourth-order valence-corrected chi connectivity index (χ4v) is 3.28. The summed E-state index contributed by atoms with van der Waals surface area (Å²) in [7, 11) is -3.48. The summed E-state index contributed by atoms with van der Waals surface area (Å²) in [5.41, 5.74) is -0.636. The molecule has 1 fully saturated rings. The van der Waals surface area contributed by atoms with Gasteiger partial charge in [0.2, 0.25) is 10.0 Å². The van der Waals surface area contributed by atoms with Crippen molar-refractivity contribution in [1.29, 1.82) is 0 Å². The van der Waals surface area contributed by atoms with Crippen molar-refractivity contribution >= 4 is 16.0 Å². The molecule has 1 rings (SSSR count). The van der Waals surface area contributed by atoms with Gasteiger partial charge in [0.05, 0.1) is 5.75 Å². The molecule has 0 aromatic heterocycles. The van der Waals surface area contributed by atoms with E-state index in [4.69, 9.17) is 5.11 Å². The fourth-order valence-electron chi connectivity index (χ4n) is 1.42. The zero-order valence-electron chi connectivity index (χ0n) is 9.86. The SMILES string of the molecule is CC(C)(C)[C@@H](NS(=O)(=O)CC1CC1)C(=O)O. The van der Waals surface area contributed by atoms with Gasteiger partial charge in [-0.2, -0.15) is 0 Å². The second kappa shape index (κ2) is 4.33. The molecular weight excluding hydrogens is 230 g/mol. The summed E-state index contributed by atoms with van der Waals surface area (Å²) in [6, 6.07) is -1.07. The summed E-state index contributed by atoms with van der Waals surface area (Å²) in [5, 5.41) is 9.00. The van der Waals surface area contributed by atoms with Crippen molar-refractivity contribution in [2.24, 2.45) is 11.3 Å². The van der Waals surface area contributed by atoms with Gasteiger partial charge < -0.3 is 5.11 Å². The third kappa shape index (κ3) is 4.09. The number of carbonyl (C=O) groups is 1. The molecule has 2 N–H and O–H groups in total. The second-order valence-corrected chi connectivity index (χ2v) is 7.28. The van der Waals surface area contributed by atoms with Gasteiger partial charge in [-0.05, 0) is 24.2 Å². The number of hydrogen-bond acceptors (Lipinski definition) is 3. The Morgan fingerprint density at radius 3 is 2.25 bits per heavy atom. The highest BCUT2D eigenvalue weighted by atomic mass is 32.2. The Kier molecular flexibility index (Phi) is 3.64. The molecule has 1 aliphatic rings. The Morgan fingerprint density at radius 2 is 1.94 bits per heavy atom. The lowest BCUT2D eigenvalue weighted by molar-refractivity contribution is -0.141. The highest BCUT2D eigenvalue weighted by molar-refractivity contribution is 7.89. The number of nitrogens with one attached hydrogen (secondary N) is 1. The molecule has 94 valence electrons. The van der Waals surface area contributed by atoms with E-state index in [1.165, 1.54) is 0 Å². The lowest BCUT2D eigenvalue weighted by atomic mass is 9.88. The summed E-state index contributed by atoms with van der Waals surface area (Å²) >= 11 is 0. The summed E-state index contributed by atoms with van der Waals surface area (Å²) in [5.74, 6) is -0.869. The maximum Gasteiger partial charge on any atom is 0.322 e. The van der Waals surface area contributed by atoms with Gasteiger partial charge >= 0.3 is 5.97 Å². The Labute approximate surface area is 96.3 Å². The van der Waals surface area contributed by atoms with E-state index in [1.54, 1.807) is 20.8 Å². The number of carboxylic acid groups (broad SMARTS) is 1. The molecule has 5 nitrogen and oxygen atoms in total. The topological polar surface area (TPSA) is 83.5 Å². The first-order chi connectivity index (χ1) is 7.12. The van der Waals surface area contributed by atoms with Crippen LogP contribution in [0.1, 0.15) is 33.6 Å². The number of carboxylic acids is 1. The highest BCUT2D eigenvalue weighted by Gasteiger charge is 2.36. The van der Waals surface area contributed by atoms with E-state index < -0.39 is 27.4 Å². The Bertz CT molecular complexity index is 365. The quantitative estimate of drug-likeness (QED) is 0.755. The zero-order chi connectivity index (χ0) is 12.6. The summed E-state index contributed by atoms with van der Waals surface area (Å²) < 4.78 is 25.6. The average molecular weight is 249 g/mol. The number of aliphatic carboxylic acids is 1. The second-order valence-electron chi connectivity index (χ2n) is 5.48. The van der Waals surface area contributed by atoms with Crippen LogP contribution in [0.2, 0.25) is 0 Å². The molecule has 0 radical (unpaired) electrons. The van der Waals surface area contributed by atoms with E-state index in [9.17, 15) is 13.2 Å². The van der Waals surface area contributed by atoms with Crippen LogP contribution in [0.25, 0.3) is 0 Å². The summed E-state index contributed by atoms with van der Waals surface area (Å²) in [4.78, 5) is 11.0. The van der Waals surface area contributed by atoms with E-state index in [0.717, 1.165) is 12.8 Å². The van der Waals surface area contributed by atoms with Gasteiger partial charge in [-0.25, -0.2) is 13.1 Å². The predicted molar refractivity (Wildman–Crippen MR) is 60.5 cm³/mol. The number of rotatable bonds is 5. The van der Waals surface area contributed by atoms with Crippen molar-refractivity contribution in [3.05, 3.63) is 0 Å². The van der Waals surface area contributed by atoms with Gasteiger partial charge in [0.1, 0.15) is 6.04 Å². The molecule has 0 amide bonds. The van der Waals surface area contributed by atoms with E-state index in [-0.39, 0.29) is 11.7 Å². The molecule has 0 aromatic carbocycles. The van der Waals surface area contributed by atoms with Crippen LogP contribution in [-0.2, 0) is 14.8 Å². The van der Waals surface area contributed by atoms with E-state index in [1.807, 2.05) is 0 Å². The molecule has 6 heteroatoms. The van der Waals surface area contributed by atoms with Gasteiger partial charge in [0.15, 0.2) is 0 Å². The van der Waals surface area contributed by atoms with Crippen LogP contribution >= 0.6 is 0 Å². The van der Waals surface area contributed by atoms with Gasteiger partial charge in [0, 0.05) is 0 Å². The molecule has 1 saturated carbocycles. The summed E-state index contributed by atoms with van der Waals surface area (Å²) in [6.07, 6.45) is 1.85. The molecule has 1 atom stereocenters. The monoisotopic (exact) mass is 249 g/mol. The van der Waals surface area contributed by atoms with E-state index in [0.29, 0.717) is 0 Å². The third-order valence-corrected chi connectivity index (χ3v) is 4.07. The minimum absolute atomic E-state index is 0.0485. The normalized spacial score (nSPS) is 19.4. The van der Waals surface area contributed by atoms with Crippen molar-refractivity contribution in [2.45, 2.75) is 39.7 Å². The zero-order valence-corrected chi connectivity index (χ0v) is 10.7. The molecular formula is C10H19NO4S. The molecule has 1 aliphatic carbocycles. The lowest BCUT2D eigenvalue weighted by Gasteiger charge is -2.27. The lowest BCUT2D eigenvalue weighted by Crippen LogP contribution is -2.49. The Hall–Kier alpha value is -0.620. The van der Waals surface area contributed by atoms with Gasteiger partial charge in [-0.1, -0.05) is 20.8 Å². The predicted octanol–water partition coefficient (Wildman–Crippen LogP) is 0.815. The molecule has 16 heavy (non-hydrogen) atoms. The first-order valence-corrected chi connectivity index (χ1v) is 7.00. The van der Waals surface area contributed by atoms with E-state index >= 15 is 0 Å². The van der Waals surface area contributed by atoms with Crippen LogP contribution in [-0.4, -0.2) is 31.3 Å². The molecule has 0 unspecified atom stereocenters. The van der Waals surface area contributed by atoms with Crippen molar-refractivity contribution in [3.8, 4) is 0 Å². The largest absolute Gasteiger partial charge is 0.480 e. The van der Waals surface area contributed by atoms with Crippen LogP contribution < -0.4 is 4.72 Å². The van der Waals surface area contributed by atoms with Crippen molar-refractivity contribution in [2.75, 3.05) is 5.75 Å². The minimum atomic E-state index is -3.48. The third-order valence-electron chi connectivity index (χ3n) is 2.56. The first kappa shape index (κ1) is 13.4. The summed E-state index contributed by atoms with van der Waals surface area (Å²) in [6.45, 7) is 5.10. The van der Waals surface area contributed by atoms with Crippen LogP contribution in [0.4, 0.5) is 0 Å². The molecule has 0 spiro atoms. The molecule has 0 aromatic rings. The van der Waals surface area contributed by atoms with Crippen molar-refractivity contribution < 1.29 is 18.3 Å². The minimum Gasteiger partial charge on any atom is -0.480 e. The fraction of sp³-hybridized carbons (Fsp3) is 0.900. The van der Waals surface area contributed by atoms with Crippen LogP contribution in [0.5, 0.6) is 0 Å². The highest BCUT2D eigenvalue weighted by Crippen LogP contribution is 2.30.